The predicted octanol–water partition coefficient (Wildman–Crippen LogP) is 4.64. The van der Waals surface area contributed by atoms with Crippen LogP contribution in [0.3, 0.4) is 0 Å². The zero-order chi connectivity index (χ0) is 20.8. The van der Waals surface area contributed by atoms with Crippen LogP contribution in [-0.4, -0.2) is 25.5 Å². The van der Waals surface area contributed by atoms with Crippen LogP contribution in [0, 0.1) is 13.8 Å². The second-order valence-corrected chi connectivity index (χ2v) is 7.45. The van der Waals surface area contributed by atoms with E-state index < -0.39 is 0 Å². The summed E-state index contributed by atoms with van der Waals surface area (Å²) in [5, 5.41) is 7.42. The van der Waals surface area contributed by atoms with E-state index in [0.717, 1.165) is 11.1 Å². The Labute approximate surface area is 173 Å². The average Bonchev–Trinajstić information content (AvgIpc) is 3.22. The zero-order valence-corrected chi connectivity index (χ0v) is 17.3. The summed E-state index contributed by atoms with van der Waals surface area (Å²) in [5.41, 5.74) is 3.22. The molecule has 0 aliphatic rings. The Morgan fingerprint density at radius 2 is 1.76 bits per heavy atom. The van der Waals surface area contributed by atoms with Crippen LogP contribution in [0.25, 0.3) is 0 Å². The van der Waals surface area contributed by atoms with Crippen molar-refractivity contribution < 1.29 is 19.1 Å². The minimum atomic E-state index is -0.290. The Morgan fingerprint density at radius 3 is 2.41 bits per heavy atom. The fourth-order valence-electron chi connectivity index (χ4n) is 2.83. The third-order valence-corrected chi connectivity index (χ3v) is 4.91. The fourth-order valence-corrected chi connectivity index (χ4v) is 3.45. The van der Waals surface area contributed by atoms with Gasteiger partial charge in [0.25, 0.3) is 11.8 Å². The number of ether oxygens (including phenoxy) is 2. The number of thiophene rings is 1. The Balaban J connectivity index is 1.61. The van der Waals surface area contributed by atoms with Crippen LogP contribution in [0.1, 0.15) is 20.8 Å². The van der Waals surface area contributed by atoms with Gasteiger partial charge < -0.3 is 20.1 Å². The molecular weight excluding hydrogens is 388 g/mol. The van der Waals surface area contributed by atoms with Crippen LogP contribution in [0.2, 0.25) is 0 Å². The Hall–Kier alpha value is -3.32. The third kappa shape index (κ3) is 5.58. The highest BCUT2D eigenvalue weighted by Crippen LogP contribution is 2.29. The summed E-state index contributed by atoms with van der Waals surface area (Å²) in [6.45, 7) is 3.85. The van der Waals surface area contributed by atoms with Crippen molar-refractivity contribution in [1.29, 1.82) is 0 Å². The van der Waals surface area contributed by atoms with Gasteiger partial charge in [-0.2, -0.15) is 0 Å². The maximum absolute atomic E-state index is 12.2. The summed E-state index contributed by atoms with van der Waals surface area (Å²) in [7, 11) is 1.50. The van der Waals surface area contributed by atoms with Gasteiger partial charge in [0.05, 0.1) is 17.7 Å². The van der Waals surface area contributed by atoms with Crippen molar-refractivity contribution >= 4 is 34.5 Å². The first kappa shape index (κ1) is 20.4. The number of nitrogens with one attached hydrogen (secondary N) is 2. The molecular formula is C22H22N2O4S. The number of carbonyl (C=O) groups is 2. The molecule has 0 saturated heterocycles. The standard InChI is InChI=1S/C22H22N2O4S/c1-14-9-15(2)11-17(10-14)28-13-21(25)23-16-6-7-18(19(12-16)27-3)24-22(26)20-5-4-8-29-20/h4-12H,13H2,1-3H3,(H,23,25)(H,24,26). The molecule has 29 heavy (non-hydrogen) atoms. The molecule has 7 heteroatoms. The van der Waals surface area contributed by atoms with Crippen LogP contribution in [0.15, 0.2) is 53.9 Å². The first-order valence-electron chi connectivity index (χ1n) is 8.98. The topological polar surface area (TPSA) is 76.7 Å². The Kier molecular flexibility index (Phi) is 6.51. The summed E-state index contributed by atoms with van der Waals surface area (Å²) >= 11 is 1.36. The highest BCUT2D eigenvalue weighted by molar-refractivity contribution is 7.12. The molecule has 3 rings (SSSR count). The van der Waals surface area contributed by atoms with E-state index in [-0.39, 0.29) is 18.4 Å². The summed E-state index contributed by atoms with van der Waals surface area (Å²) in [6, 6.07) is 14.4. The molecule has 2 amide bonds. The van der Waals surface area contributed by atoms with Crippen LogP contribution >= 0.6 is 11.3 Å². The summed E-state index contributed by atoms with van der Waals surface area (Å²) < 4.78 is 10.9. The number of carbonyl (C=O) groups excluding carboxylic acids is 2. The van der Waals surface area contributed by atoms with Gasteiger partial charge in [-0.1, -0.05) is 12.1 Å². The van der Waals surface area contributed by atoms with Crippen molar-refractivity contribution in [2.24, 2.45) is 0 Å². The van der Waals surface area contributed by atoms with Crippen molar-refractivity contribution in [2.45, 2.75) is 13.8 Å². The van der Waals surface area contributed by atoms with E-state index in [1.54, 1.807) is 24.3 Å². The molecule has 1 heterocycles. The number of benzene rings is 2. The largest absolute Gasteiger partial charge is 0.494 e. The molecule has 2 N–H and O–H groups in total. The van der Waals surface area contributed by atoms with E-state index in [2.05, 4.69) is 10.6 Å². The minimum absolute atomic E-state index is 0.109. The fraction of sp³-hybridized carbons (Fsp3) is 0.182. The maximum atomic E-state index is 12.2. The molecule has 0 aliphatic carbocycles. The number of rotatable bonds is 7. The van der Waals surface area contributed by atoms with Crippen LogP contribution in [0.5, 0.6) is 11.5 Å². The smallest absolute Gasteiger partial charge is 0.265 e. The number of hydrogen-bond donors (Lipinski definition) is 2. The second-order valence-electron chi connectivity index (χ2n) is 6.51. The van der Waals surface area contributed by atoms with Gasteiger partial charge in [-0.05, 0) is 60.7 Å². The Bertz CT molecular complexity index is 995. The molecule has 6 nitrogen and oxygen atoms in total. The average molecular weight is 410 g/mol. The third-order valence-electron chi connectivity index (χ3n) is 4.04. The van der Waals surface area contributed by atoms with Crippen molar-refractivity contribution in [2.75, 3.05) is 24.4 Å². The summed E-state index contributed by atoms with van der Waals surface area (Å²) in [5.74, 6) is 0.600. The number of aryl methyl sites for hydroxylation is 2. The molecule has 150 valence electrons. The van der Waals surface area contributed by atoms with Gasteiger partial charge in [0.15, 0.2) is 6.61 Å². The molecule has 1 aromatic heterocycles. The highest BCUT2D eigenvalue weighted by atomic mass is 32.1. The number of methoxy groups -OCH3 is 1. The van der Waals surface area contributed by atoms with E-state index in [1.807, 2.05) is 43.5 Å². The van der Waals surface area contributed by atoms with E-state index in [9.17, 15) is 9.59 Å². The second kappa shape index (κ2) is 9.25. The van der Waals surface area contributed by atoms with Crippen molar-refractivity contribution in [3.8, 4) is 11.5 Å². The summed E-state index contributed by atoms with van der Waals surface area (Å²) in [6.07, 6.45) is 0. The number of anilines is 2. The molecule has 0 spiro atoms. The lowest BCUT2D eigenvalue weighted by Gasteiger charge is -2.13. The molecule has 0 fully saturated rings. The molecule has 0 radical (unpaired) electrons. The molecule has 0 saturated carbocycles. The predicted molar refractivity (Wildman–Crippen MR) is 115 cm³/mol. The van der Waals surface area contributed by atoms with Crippen molar-refractivity contribution in [1.82, 2.24) is 0 Å². The molecule has 0 bridgehead atoms. The zero-order valence-electron chi connectivity index (χ0n) is 16.4. The molecule has 0 unspecified atom stereocenters. The molecule has 3 aromatic rings. The number of hydrogen-bond acceptors (Lipinski definition) is 5. The van der Waals surface area contributed by atoms with Gasteiger partial charge in [0, 0.05) is 11.8 Å². The highest BCUT2D eigenvalue weighted by Gasteiger charge is 2.12. The van der Waals surface area contributed by atoms with Gasteiger partial charge in [-0.15, -0.1) is 11.3 Å². The van der Waals surface area contributed by atoms with E-state index in [0.29, 0.717) is 27.8 Å². The van der Waals surface area contributed by atoms with Crippen LogP contribution < -0.4 is 20.1 Å². The lowest BCUT2D eigenvalue weighted by molar-refractivity contribution is -0.118. The molecule has 0 aliphatic heterocycles. The van der Waals surface area contributed by atoms with Gasteiger partial charge in [0.1, 0.15) is 11.5 Å². The SMILES string of the molecule is COc1cc(NC(=O)COc2cc(C)cc(C)c2)ccc1NC(=O)c1cccs1. The van der Waals surface area contributed by atoms with E-state index in [4.69, 9.17) is 9.47 Å². The quantitative estimate of drug-likeness (QED) is 0.595. The molecule has 0 atom stereocenters. The van der Waals surface area contributed by atoms with Gasteiger partial charge in [-0.3, -0.25) is 9.59 Å². The lowest BCUT2D eigenvalue weighted by atomic mass is 10.1. The normalized spacial score (nSPS) is 10.3. The minimum Gasteiger partial charge on any atom is -0.494 e. The summed E-state index contributed by atoms with van der Waals surface area (Å²) in [4.78, 5) is 25.1. The van der Waals surface area contributed by atoms with E-state index in [1.165, 1.54) is 18.4 Å². The molecule has 2 aromatic carbocycles. The van der Waals surface area contributed by atoms with Crippen LogP contribution in [-0.2, 0) is 4.79 Å². The number of amides is 2. The monoisotopic (exact) mass is 410 g/mol. The van der Waals surface area contributed by atoms with E-state index >= 15 is 0 Å². The maximum Gasteiger partial charge on any atom is 0.265 e. The van der Waals surface area contributed by atoms with Gasteiger partial charge in [-0.25, -0.2) is 0 Å². The van der Waals surface area contributed by atoms with Gasteiger partial charge >= 0.3 is 0 Å². The van der Waals surface area contributed by atoms with Crippen molar-refractivity contribution in [3.63, 3.8) is 0 Å². The Morgan fingerprint density at radius 1 is 1.00 bits per heavy atom. The van der Waals surface area contributed by atoms with Gasteiger partial charge in [0.2, 0.25) is 0 Å². The lowest BCUT2D eigenvalue weighted by Crippen LogP contribution is -2.20. The first-order valence-corrected chi connectivity index (χ1v) is 9.86. The first-order chi connectivity index (χ1) is 13.9. The van der Waals surface area contributed by atoms with Crippen LogP contribution in [0.4, 0.5) is 11.4 Å². The van der Waals surface area contributed by atoms with Crippen molar-refractivity contribution in [3.05, 3.63) is 69.9 Å².